The number of carbonyl (C=O) groups excluding carboxylic acids is 2. The van der Waals surface area contributed by atoms with Gasteiger partial charge in [0.1, 0.15) is 5.82 Å². The number of rotatable bonds is 4. The first-order chi connectivity index (χ1) is 15.2. The van der Waals surface area contributed by atoms with Gasteiger partial charge in [-0.3, -0.25) is 9.59 Å². The molecular formula is C23H28N4O4. The Labute approximate surface area is 182 Å². The average Bonchev–Trinajstić information content (AvgIpc) is 3.24. The van der Waals surface area contributed by atoms with Crippen LogP contribution in [0.15, 0.2) is 35.1 Å². The van der Waals surface area contributed by atoms with Gasteiger partial charge in [0.25, 0.3) is 0 Å². The molecule has 8 nitrogen and oxygen atoms in total. The van der Waals surface area contributed by atoms with Crippen LogP contribution in [0.1, 0.15) is 18.4 Å². The topological polar surface area (TPSA) is 74.7 Å². The number of carbonyl (C=O) groups is 2. The molecule has 1 aromatic rings. The highest BCUT2D eigenvalue weighted by molar-refractivity contribution is 6.16. The molecule has 1 aromatic carbocycles. The maximum atomic E-state index is 13.2. The minimum absolute atomic E-state index is 0.00709. The summed E-state index contributed by atoms with van der Waals surface area (Å²) in [6.07, 6.45) is 2.83. The fraction of sp³-hybridized carbons (Fsp3) is 0.522. The Bertz CT molecular complexity index is 930. The fourth-order valence-corrected chi connectivity index (χ4v) is 4.73. The molecule has 4 aliphatic heterocycles. The number of ketones is 1. The first-order valence-corrected chi connectivity index (χ1v) is 11.1. The summed E-state index contributed by atoms with van der Waals surface area (Å²) in [4.78, 5) is 36.4. The number of hydrogen-bond donors (Lipinski definition) is 0. The van der Waals surface area contributed by atoms with Crippen molar-refractivity contribution in [2.24, 2.45) is 4.99 Å². The second kappa shape index (κ2) is 8.80. The summed E-state index contributed by atoms with van der Waals surface area (Å²) in [5.41, 5.74) is 4.07. The number of anilines is 2. The van der Waals surface area contributed by atoms with Crippen LogP contribution in [-0.2, 0) is 25.5 Å². The molecule has 0 atom stereocenters. The van der Waals surface area contributed by atoms with Gasteiger partial charge in [0, 0.05) is 67.9 Å². The molecule has 2 fully saturated rings. The normalized spacial score (nSPS) is 21.7. The zero-order valence-corrected chi connectivity index (χ0v) is 17.7. The molecule has 4 heterocycles. The molecule has 8 heteroatoms. The van der Waals surface area contributed by atoms with Crippen LogP contribution in [0, 0.1) is 0 Å². The summed E-state index contributed by atoms with van der Waals surface area (Å²) in [5.74, 6) is 0.683. The quantitative estimate of drug-likeness (QED) is 0.727. The molecule has 0 saturated carbocycles. The SMILES string of the molecule is O=C1C=C(N2CCOCC2)N=C(CC(=O)N2CCc3c(N4CCOCC4)cccc32)C1. The highest BCUT2D eigenvalue weighted by atomic mass is 16.5. The lowest BCUT2D eigenvalue weighted by Crippen LogP contribution is -2.37. The smallest absolute Gasteiger partial charge is 0.232 e. The van der Waals surface area contributed by atoms with E-state index in [9.17, 15) is 9.59 Å². The van der Waals surface area contributed by atoms with Gasteiger partial charge in [0.05, 0.1) is 32.8 Å². The lowest BCUT2D eigenvalue weighted by Gasteiger charge is -2.31. The second-order valence-electron chi connectivity index (χ2n) is 8.27. The van der Waals surface area contributed by atoms with Crippen molar-refractivity contribution in [1.29, 1.82) is 0 Å². The van der Waals surface area contributed by atoms with Crippen LogP contribution in [0.5, 0.6) is 0 Å². The molecule has 0 N–H and O–H groups in total. The summed E-state index contributed by atoms with van der Waals surface area (Å²) >= 11 is 0. The Hall–Kier alpha value is -2.71. The van der Waals surface area contributed by atoms with E-state index in [-0.39, 0.29) is 24.5 Å². The molecule has 164 valence electrons. The molecule has 0 radical (unpaired) electrons. The van der Waals surface area contributed by atoms with Crippen molar-refractivity contribution in [1.82, 2.24) is 4.90 Å². The highest BCUT2D eigenvalue weighted by Crippen LogP contribution is 2.36. The Balaban J connectivity index is 1.31. The molecule has 0 bridgehead atoms. The molecule has 5 rings (SSSR count). The molecule has 4 aliphatic rings. The van der Waals surface area contributed by atoms with Crippen molar-refractivity contribution in [3.63, 3.8) is 0 Å². The number of morpholine rings is 2. The van der Waals surface area contributed by atoms with Crippen molar-refractivity contribution in [2.75, 3.05) is 69.0 Å². The van der Waals surface area contributed by atoms with Crippen LogP contribution in [0.25, 0.3) is 0 Å². The lowest BCUT2D eigenvalue weighted by atomic mass is 10.1. The Morgan fingerprint density at radius 2 is 1.61 bits per heavy atom. The summed E-state index contributed by atoms with van der Waals surface area (Å²) in [6, 6.07) is 6.19. The Kier molecular flexibility index (Phi) is 5.74. The van der Waals surface area contributed by atoms with Gasteiger partial charge in [-0.25, -0.2) is 4.99 Å². The van der Waals surface area contributed by atoms with Crippen LogP contribution in [0.2, 0.25) is 0 Å². The number of benzene rings is 1. The van der Waals surface area contributed by atoms with E-state index in [0.29, 0.717) is 44.4 Å². The minimum atomic E-state index is 0.00709. The summed E-state index contributed by atoms with van der Waals surface area (Å²) in [5, 5.41) is 0. The van der Waals surface area contributed by atoms with Crippen molar-refractivity contribution in [3.05, 3.63) is 35.7 Å². The molecule has 0 spiro atoms. The van der Waals surface area contributed by atoms with Gasteiger partial charge >= 0.3 is 0 Å². The minimum Gasteiger partial charge on any atom is -0.378 e. The predicted octanol–water partition coefficient (Wildman–Crippen LogP) is 1.39. The average molecular weight is 425 g/mol. The summed E-state index contributed by atoms with van der Waals surface area (Å²) in [6.45, 7) is 6.58. The third-order valence-electron chi connectivity index (χ3n) is 6.29. The van der Waals surface area contributed by atoms with Crippen molar-refractivity contribution in [3.8, 4) is 0 Å². The Morgan fingerprint density at radius 3 is 2.35 bits per heavy atom. The van der Waals surface area contributed by atoms with Gasteiger partial charge < -0.3 is 24.2 Å². The molecular weight excluding hydrogens is 396 g/mol. The van der Waals surface area contributed by atoms with E-state index < -0.39 is 0 Å². The highest BCUT2D eigenvalue weighted by Gasteiger charge is 2.30. The van der Waals surface area contributed by atoms with Gasteiger partial charge in [-0.2, -0.15) is 0 Å². The van der Waals surface area contributed by atoms with E-state index in [2.05, 4.69) is 20.9 Å². The third-order valence-corrected chi connectivity index (χ3v) is 6.29. The van der Waals surface area contributed by atoms with E-state index >= 15 is 0 Å². The van der Waals surface area contributed by atoms with E-state index in [1.807, 2.05) is 17.0 Å². The standard InChI is InChI=1S/C23H28N4O4/c28-18-14-17(24-22(16-18)26-8-12-31-13-9-26)15-23(29)27-5-4-19-20(2-1-3-21(19)27)25-6-10-30-11-7-25/h1-3,16H,4-15H2. The van der Waals surface area contributed by atoms with Gasteiger partial charge in [-0.05, 0) is 18.6 Å². The molecule has 0 aliphatic carbocycles. The predicted molar refractivity (Wildman–Crippen MR) is 118 cm³/mol. The number of nitrogens with zero attached hydrogens (tertiary/aromatic N) is 4. The van der Waals surface area contributed by atoms with E-state index in [0.717, 1.165) is 38.4 Å². The molecule has 0 unspecified atom stereocenters. The largest absolute Gasteiger partial charge is 0.378 e. The lowest BCUT2D eigenvalue weighted by molar-refractivity contribution is -0.117. The van der Waals surface area contributed by atoms with Gasteiger partial charge in [-0.15, -0.1) is 0 Å². The molecule has 1 amide bonds. The van der Waals surface area contributed by atoms with E-state index in [1.54, 1.807) is 6.08 Å². The number of fused-ring (bicyclic) bond motifs is 1. The number of hydrogen-bond acceptors (Lipinski definition) is 7. The zero-order chi connectivity index (χ0) is 21.2. The van der Waals surface area contributed by atoms with Crippen LogP contribution in [0.4, 0.5) is 11.4 Å². The van der Waals surface area contributed by atoms with Crippen LogP contribution >= 0.6 is 0 Å². The number of amides is 1. The van der Waals surface area contributed by atoms with Crippen LogP contribution in [-0.4, -0.2) is 81.5 Å². The van der Waals surface area contributed by atoms with Crippen LogP contribution in [0.3, 0.4) is 0 Å². The maximum absolute atomic E-state index is 13.2. The fourth-order valence-electron chi connectivity index (χ4n) is 4.73. The first-order valence-electron chi connectivity index (χ1n) is 11.1. The monoisotopic (exact) mass is 424 g/mol. The summed E-state index contributed by atoms with van der Waals surface area (Å²) < 4.78 is 10.9. The molecule has 0 aromatic heterocycles. The van der Waals surface area contributed by atoms with Crippen molar-refractivity contribution in [2.45, 2.75) is 19.3 Å². The third kappa shape index (κ3) is 4.22. The van der Waals surface area contributed by atoms with Crippen molar-refractivity contribution < 1.29 is 19.1 Å². The number of allylic oxidation sites excluding steroid dienone is 1. The number of ether oxygens (including phenoxy) is 2. The van der Waals surface area contributed by atoms with Gasteiger partial charge in [0.2, 0.25) is 5.91 Å². The van der Waals surface area contributed by atoms with Crippen LogP contribution < -0.4 is 9.80 Å². The zero-order valence-electron chi connectivity index (χ0n) is 17.7. The first kappa shape index (κ1) is 20.2. The number of aliphatic imine (C=N–C) groups is 1. The summed E-state index contributed by atoms with van der Waals surface area (Å²) in [7, 11) is 0. The van der Waals surface area contributed by atoms with Gasteiger partial charge in [0.15, 0.2) is 5.78 Å². The van der Waals surface area contributed by atoms with E-state index in [1.165, 1.54) is 11.3 Å². The van der Waals surface area contributed by atoms with Gasteiger partial charge in [-0.1, -0.05) is 6.07 Å². The molecule has 2 saturated heterocycles. The second-order valence-corrected chi connectivity index (χ2v) is 8.27. The van der Waals surface area contributed by atoms with E-state index in [4.69, 9.17) is 9.47 Å². The molecule has 31 heavy (non-hydrogen) atoms. The van der Waals surface area contributed by atoms with Crippen molar-refractivity contribution >= 4 is 28.8 Å². The Morgan fingerprint density at radius 1 is 0.935 bits per heavy atom. The maximum Gasteiger partial charge on any atom is 0.232 e.